The Morgan fingerprint density at radius 3 is 1.67 bits per heavy atom. The Morgan fingerprint density at radius 2 is 1.22 bits per heavy atom. The first kappa shape index (κ1) is 16.7. The van der Waals surface area contributed by atoms with E-state index in [9.17, 15) is 16.2 Å². The van der Waals surface area contributed by atoms with Crippen LogP contribution in [0.1, 0.15) is 17.0 Å². The van der Waals surface area contributed by atoms with Crippen LogP contribution in [-0.2, 0) is 0 Å². The minimum Gasteiger partial charge on any atom is -0.789 e. The first-order chi connectivity index (χ1) is 13.1. The predicted octanol–water partition coefficient (Wildman–Crippen LogP) is 4.48. The number of hydrogen-bond acceptors (Lipinski definition) is 1. The van der Waals surface area contributed by atoms with Crippen molar-refractivity contribution in [2.24, 2.45) is 0 Å². The highest BCUT2D eigenvalue weighted by Crippen LogP contribution is 2.29. The zero-order valence-electron chi connectivity index (χ0n) is 14.4. The third-order valence-corrected chi connectivity index (χ3v) is 4.35. The summed E-state index contributed by atoms with van der Waals surface area (Å²) in [5.41, 5.74) is 4.87. The summed E-state index contributed by atoms with van der Waals surface area (Å²) in [6, 6.07) is 3.95. The highest BCUT2D eigenvalue weighted by atomic mass is 14.7. The Balaban J connectivity index is 1.78. The molecule has 4 heteroatoms. The Kier molecular flexibility index (Phi) is 4.22. The summed E-state index contributed by atoms with van der Waals surface area (Å²) < 4.78 is 0. The van der Waals surface area contributed by atoms with Crippen LogP contribution in [0.3, 0.4) is 0 Å². The number of pyridine rings is 1. The summed E-state index contributed by atoms with van der Waals surface area (Å²) in [5, 5.41) is 28.7. The summed E-state index contributed by atoms with van der Waals surface area (Å²) in [6.07, 6.45) is 20.8. The Morgan fingerprint density at radius 1 is 0.704 bits per heavy atom. The first-order valence-corrected chi connectivity index (χ1v) is 8.49. The van der Waals surface area contributed by atoms with Crippen LogP contribution in [0.15, 0.2) is 72.9 Å². The molecule has 0 amide bonds. The van der Waals surface area contributed by atoms with Crippen molar-refractivity contribution in [2.45, 2.75) is 0 Å². The normalized spacial score (nSPS) is 18.2. The lowest BCUT2D eigenvalue weighted by Gasteiger charge is -2.11. The van der Waals surface area contributed by atoms with Crippen LogP contribution in [0.5, 0.6) is 0 Å². The molecule has 0 radical (unpaired) electrons. The lowest BCUT2D eigenvalue weighted by atomic mass is 9.90. The average Bonchev–Trinajstić information content (AvgIpc) is 2.69. The van der Waals surface area contributed by atoms with Crippen molar-refractivity contribution >= 4 is 28.3 Å². The maximum Gasteiger partial charge on any atom is 0.163 e. The topological polar surface area (TPSA) is 79.8 Å². The number of rotatable bonds is 3. The molecule has 0 saturated carbocycles. The van der Waals surface area contributed by atoms with Gasteiger partial charge in [-0.05, 0) is 23.6 Å². The molecule has 1 heterocycles. The monoisotopic (exact) mass is 346 g/mol. The zero-order valence-corrected chi connectivity index (χ0v) is 14.4. The molecule has 4 nitrogen and oxygen atoms in total. The molecule has 1 aromatic rings. The van der Waals surface area contributed by atoms with E-state index in [1.165, 1.54) is 0 Å². The molecule has 0 unspecified atom stereocenters. The van der Waals surface area contributed by atoms with Crippen molar-refractivity contribution < 1.29 is 0 Å². The standard InChI is InChI=1S/C23H14N4/c24-19-7-1-15(2-8-19)18-13-22(16-3-9-20(25)10-4-16)27-23(14-18)17-5-11-21(26)12-6-17/h1-14H. The molecular weight excluding hydrogens is 332 g/mol. The largest absolute Gasteiger partial charge is 0.789 e. The van der Waals surface area contributed by atoms with Crippen LogP contribution in [0.25, 0.3) is 27.4 Å². The molecule has 3 aliphatic carbocycles. The van der Waals surface area contributed by atoms with E-state index in [-0.39, 0.29) is 17.1 Å². The van der Waals surface area contributed by atoms with Gasteiger partial charge >= 0.3 is 0 Å². The van der Waals surface area contributed by atoms with Gasteiger partial charge in [-0.25, -0.2) is 4.98 Å². The fourth-order valence-electron chi connectivity index (χ4n) is 2.91. The molecular formula is C23H14N4. The second-order valence-corrected chi connectivity index (χ2v) is 6.27. The van der Waals surface area contributed by atoms with E-state index >= 15 is 0 Å². The second kappa shape index (κ2) is 6.84. The first-order valence-electron chi connectivity index (χ1n) is 8.49. The maximum atomic E-state index is 9.56. The zero-order chi connectivity index (χ0) is 18.8. The van der Waals surface area contributed by atoms with Gasteiger partial charge in [0, 0.05) is 49.3 Å². The summed E-state index contributed by atoms with van der Waals surface area (Å²) in [6.45, 7) is 0. The van der Waals surface area contributed by atoms with Gasteiger partial charge in [-0.1, -0.05) is 5.71 Å². The molecule has 27 heavy (non-hydrogen) atoms. The third kappa shape index (κ3) is 3.60. The molecule has 0 atom stereocenters. The van der Waals surface area contributed by atoms with E-state index in [0.717, 1.165) is 34.0 Å². The minimum absolute atomic E-state index is 0.201. The average molecular weight is 346 g/mol. The molecule has 0 bridgehead atoms. The molecule has 0 saturated heterocycles. The van der Waals surface area contributed by atoms with Crippen molar-refractivity contribution in [1.29, 1.82) is 0 Å². The van der Waals surface area contributed by atoms with Crippen LogP contribution in [0, 0.1) is 18.8 Å². The lowest BCUT2D eigenvalue weighted by molar-refractivity contribution is 1.20. The molecule has 4 rings (SSSR count). The van der Waals surface area contributed by atoms with E-state index < -0.39 is 0 Å². The van der Waals surface area contributed by atoms with Crippen LogP contribution in [0.4, 0.5) is 0 Å². The number of hydrogen-bond donors (Lipinski definition) is 0. The molecule has 1 aromatic heterocycles. The van der Waals surface area contributed by atoms with Crippen molar-refractivity contribution in [2.75, 3.05) is 0 Å². The maximum absolute atomic E-state index is 9.56. The smallest absolute Gasteiger partial charge is 0.163 e. The molecule has 3 aliphatic rings. The van der Waals surface area contributed by atoms with Gasteiger partial charge in [0.2, 0.25) is 0 Å². The molecule has 0 aromatic carbocycles. The molecule has 0 aliphatic heterocycles. The van der Waals surface area contributed by atoms with Gasteiger partial charge in [0.1, 0.15) is 11.1 Å². The highest BCUT2D eigenvalue weighted by molar-refractivity contribution is 6.11. The van der Waals surface area contributed by atoms with Crippen molar-refractivity contribution in [1.82, 2.24) is 4.98 Å². The highest BCUT2D eigenvalue weighted by Gasteiger charge is 2.23. The fourth-order valence-corrected chi connectivity index (χ4v) is 2.91. The van der Waals surface area contributed by atoms with E-state index in [0.29, 0.717) is 0 Å². The summed E-state index contributed by atoms with van der Waals surface area (Å²) in [5.74, 6) is 0.954. The van der Waals surface area contributed by atoms with Crippen molar-refractivity contribution in [3.8, 4) is 0 Å². The van der Waals surface area contributed by atoms with Gasteiger partial charge in [-0.2, -0.15) is 0 Å². The van der Waals surface area contributed by atoms with Crippen LogP contribution in [-0.4, -0.2) is 22.1 Å². The number of aromatic nitrogens is 1. The minimum atomic E-state index is 0.201. The van der Waals surface area contributed by atoms with Gasteiger partial charge < -0.3 is 16.2 Å². The summed E-state index contributed by atoms with van der Waals surface area (Å²) in [7, 11) is 0. The number of nitrogens with zero attached hydrogens (tertiary/aromatic N) is 4. The molecule has 126 valence electrons. The van der Waals surface area contributed by atoms with Crippen LogP contribution >= 0.6 is 0 Å². The van der Waals surface area contributed by atoms with Gasteiger partial charge in [-0.3, -0.25) is 0 Å². The van der Waals surface area contributed by atoms with E-state index in [4.69, 9.17) is 4.98 Å². The Labute approximate surface area is 158 Å². The SMILES string of the molecule is [N-]=C1C=C[C+](c2cc(C3=C[CH+]C(=[N-])C=C3)nc(C3=C[CH+]C(=[N-])C=C3)c2)C=C1. The van der Waals surface area contributed by atoms with E-state index in [1.807, 2.05) is 48.6 Å². The molecule has 0 spiro atoms. The predicted molar refractivity (Wildman–Crippen MR) is 113 cm³/mol. The molecule has 0 N–H and O–H groups in total. The summed E-state index contributed by atoms with van der Waals surface area (Å²) in [4.78, 5) is 4.76. The summed E-state index contributed by atoms with van der Waals surface area (Å²) >= 11 is 0. The van der Waals surface area contributed by atoms with Crippen molar-refractivity contribution in [3.63, 3.8) is 0 Å². The Bertz CT molecular complexity index is 952. The van der Waals surface area contributed by atoms with Crippen molar-refractivity contribution in [3.05, 3.63) is 125 Å². The van der Waals surface area contributed by atoms with Gasteiger partial charge in [-0.15, -0.1) is 0 Å². The van der Waals surface area contributed by atoms with Crippen LogP contribution < -0.4 is 0 Å². The number of allylic oxidation sites excluding steroid dienone is 12. The lowest BCUT2D eigenvalue weighted by Crippen LogP contribution is -2.06. The van der Waals surface area contributed by atoms with E-state index in [1.54, 1.807) is 37.1 Å². The Hall–Kier alpha value is -3.79. The fraction of sp³-hybridized carbons (Fsp3) is 0. The molecule has 0 fully saturated rings. The van der Waals surface area contributed by atoms with E-state index in [2.05, 4.69) is 0 Å². The van der Waals surface area contributed by atoms with Gasteiger partial charge in [0.15, 0.2) is 11.4 Å². The van der Waals surface area contributed by atoms with Gasteiger partial charge in [0.05, 0.1) is 35.8 Å². The quantitative estimate of drug-likeness (QED) is 0.743. The van der Waals surface area contributed by atoms with Gasteiger partial charge in [0.25, 0.3) is 0 Å². The third-order valence-electron chi connectivity index (χ3n) is 4.35. The van der Waals surface area contributed by atoms with Crippen LogP contribution in [0.2, 0.25) is 0 Å². The second-order valence-electron chi connectivity index (χ2n) is 6.27.